The van der Waals surface area contributed by atoms with E-state index in [4.69, 9.17) is 9.26 Å². The number of aliphatic carboxylic acids is 1. The highest BCUT2D eigenvalue weighted by Gasteiger charge is 2.70. The molecular formula is C19H18N4O11S. The fourth-order valence-corrected chi connectivity index (χ4v) is 6.20. The van der Waals surface area contributed by atoms with Crippen LogP contribution in [0.2, 0.25) is 0 Å². The van der Waals surface area contributed by atoms with E-state index in [2.05, 4.69) is 5.16 Å². The molecule has 5 N–H and O–H groups in total. The molecule has 186 valence electrons. The lowest BCUT2D eigenvalue weighted by atomic mass is 9.97. The summed E-state index contributed by atoms with van der Waals surface area (Å²) in [5.74, 6) is -4.52. The topological polar surface area (TPSA) is 226 Å². The number of hydrazine groups is 1. The molecule has 35 heavy (non-hydrogen) atoms. The molecule has 1 aromatic heterocycles. The van der Waals surface area contributed by atoms with Crippen LogP contribution in [-0.4, -0.2) is 80.4 Å². The number of sulfone groups is 1. The van der Waals surface area contributed by atoms with Gasteiger partial charge in [-0.15, -0.1) is 0 Å². The summed E-state index contributed by atoms with van der Waals surface area (Å²) in [5, 5.41) is 31.2. The number of carboxylic acid groups (broad SMARTS) is 1. The third-order valence-corrected chi connectivity index (χ3v) is 8.59. The number of rotatable bonds is 5. The van der Waals surface area contributed by atoms with Crippen LogP contribution in [0.1, 0.15) is 23.9 Å². The Morgan fingerprint density at radius 2 is 2.00 bits per heavy atom. The molecule has 3 heterocycles. The third-order valence-electron chi connectivity index (χ3n) is 5.84. The van der Waals surface area contributed by atoms with E-state index < -0.39 is 73.7 Å². The number of benzene rings is 1. The largest absolute Gasteiger partial charge is 0.504 e. The van der Waals surface area contributed by atoms with Gasteiger partial charge in [-0.2, -0.15) is 0 Å². The molecule has 2 fully saturated rings. The Morgan fingerprint density at radius 3 is 2.66 bits per heavy atom. The highest BCUT2D eigenvalue weighted by molar-refractivity contribution is 7.94. The zero-order valence-corrected chi connectivity index (χ0v) is 18.6. The highest BCUT2D eigenvalue weighted by atomic mass is 32.2. The minimum atomic E-state index is -4.18. The molecule has 0 bridgehead atoms. The smallest absolute Gasteiger partial charge is 0.426 e. The van der Waals surface area contributed by atoms with Gasteiger partial charge in [-0.05, 0) is 19.1 Å². The molecule has 3 amide bonds. The first kappa shape index (κ1) is 23.8. The van der Waals surface area contributed by atoms with E-state index in [9.17, 15) is 42.9 Å². The number of amides is 3. The Labute approximate surface area is 196 Å². The lowest BCUT2D eigenvalue weighted by Crippen LogP contribution is -2.58. The van der Waals surface area contributed by atoms with Crippen LogP contribution in [0.15, 0.2) is 28.8 Å². The van der Waals surface area contributed by atoms with Crippen LogP contribution in [0.25, 0.3) is 11.3 Å². The number of carbonyl (C=O) groups is 4. The first-order valence-corrected chi connectivity index (χ1v) is 11.4. The van der Waals surface area contributed by atoms with Crippen molar-refractivity contribution in [2.45, 2.75) is 29.5 Å². The standard InChI is InChI=1S/C19H18N4O11S/c1-19(15(17(28)29)23-12(25)6-13(23)35(19,31)32)7-33-18(30)21-20-16(27)11-5-9(22-34-11)8-3-2-4-10(24)14(8)26/h2-5,13,15,24,26H,6-7H2,1H3,(H,20,27)(H,21,30)(H,28,29)/t13-,15-,19+/m1/s1. The maximum absolute atomic E-state index is 12.8. The average Bonchev–Trinajstić information content (AvgIpc) is 3.33. The zero-order chi connectivity index (χ0) is 25.7. The van der Waals surface area contributed by atoms with Crippen molar-refractivity contribution in [2.24, 2.45) is 0 Å². The van der Waals surface area contributed by atoms with Gasteiger partial charge in [-0.3, -0.25) is 15.0 Å². The second-order valence-corrected chi connectivity index (χ2v) is 10.5. The number of β-lactam (4-membered cyclic amide) rings is 1. The van der Waals surface area contributed by atoms with E-state index in [0.29, 0.717) is 0 Å². The van der Waals surface area contributed by atoms with Crippen molar-refractivity contribution in [3.05, 3.63) is 30.0 Å². The Morgan fingerprint density at radius 1 is 1.29 bits per heavy atom. The number of hydrogen-bond acceptors (Lipinski definition) is 11. The van der Waals surface area contributed by atoms with Crippen molar-refractivity contribution in [1.29, 1.82) is 0 Å². The van der Waals surface area contributed by atoms with Gasteiger partial charge in [0.1, 0.15) is 22.4 Å². The molecule has 1 aromatic carbocycles. The Bertz CT molecular complexity index is 1350. The third kappa shape index (κ3) is 3.67. The quantitative estimate of drug-likeness (QED) is 0.192. The lowest BCUT2D eigenvalue weighted by molar-refractivity contribution is -0.158. The fraction of sp³-hybridized carbons (Fsp3) is 0.316. The summed E-state index contributed by atoms with van der Waals surface area (Å²) in [5.41, 5.74) is 3.85. The normalized spacial score (nSPS) is 24.3. The summed E-state index contributed by atoms with van der Waals surface area (Å²) < 4.78 is 33.1. The summed E-state index contributed by atoms with van der Waals surface area (Å²) in [6, 6.07) is 3.43. The average molecular weight is 510 g/mol. The van der Waals surface area contributed by atoms with Gasteiger partial charge in [0.2, 0.25) is 11.7 Å². The van der Waals surface area contributed by atoms with E-state index in [1.54, 1.807) is 0 Å². The monoisotopic (exact) mass is 510 g/mol. The van der Waals surface area contributed by atoms with Crippen molar-refractivity contribution >= 4 is 33.7 Å². The molecule has 16 heteroatoms. The number of aromatic nitrogens is 1. The Hall–Kier alpha value is -4.34. The van der Waals surface area contributed by atoms with E-state index in [1.807, 2.05) is 10.9 Å². The van der Waals surface area contributed by atoms with E-state index in [0.717, 1.165) is 17.9 Å². The second-order valence-electron chi connectivity index (χ2n) is 7.96. The second kappa shape index (κ2) is 8.15. The number of nitrogens with one attached hydrogen (secondary N) is 2. The van der Waals surface area contributed by atoms with Gasteiger partial charge in [-0.1, -0.05) is 11.2 Å². The van der Waals surface area contributed by atoms with Gasteiger partial charge in [0.15, 0.2) is 27.4 Å². The number of carbonyl (C=O) groups excluding carboxylic acids is 3. The maximum Gasteiger partial charge on any atom is 0.426 e. The van der Waals surface area contributed by atoms with Crippen LogP contribution in [0.4, 0.5) is 4.79 Å². The van der Waals surface area contributed by atoms with Gasteiger partial charge >= 0.3 is 18.0 Å². The number of phenols is 2. The molecule has 0 aliphatic carbocycles. The van der Waals surface area contributed by atoms with Crippen molar-refractivity contribution < 1.29 is 52.2 Å². The van der Waals surface area contributed by atoms with Crippen LogP contribution in [0, 0.1) is 0 Å². The molecule has 3 atom stereocenters. The Kier molecular flexibility index (Phi) is 5.55. The molecule has 2 aliphatic heterocycles. The van der Waals surface area contributed by atoms with E-state index in [-0.39, 0.29) is 17.7 Å². The molecule has 0 unspecified atom stereocenters. The maximum atomic E-state index is 12.8. The van der Waals surface area contributed by atoms with E-state index >= 15 is 0 Å². The lowest BCUT2D eigenvalue weighted by Gasteiger charge is -2.35. The summed E-state index contributed by atoms with van der Waals surface area (Å²) in [6.07, 6.45) is -1.67. The Balaban J connectivity index is 1.38. The molecule has 2 saturated heterocycles. The van der Waals surface area contributed by atoms with Gasteiger partial charge in [0, 0.05) is 11.6 Å². The molecule has 0 saturated carbocycles. The van der Waals surface area contributed by atoms with Crippen LogP contribution in [0.3, 0.4) is 0 Å². The van der Waals surface area contributed by atoms with Crippen molar-refractivity contribution in [3.63, 3.8) is 0 Å². The molecule has 0 spiro atoms. The van der Waals surface area contributed by atoms with Gasteiger partial charge in [0.25, 0.3) is 0 Å². The van der Waals surface area contributed by atoms with Crippen LogP contribution in [-0.2, 0) is 24.2 Å². The highest BCUT2D eigenvalue weighted by Crippen LogP contribution is 2.46. The molecule has 0 radical (unpaired) electrons. The van der Waals surface area contributed by atoms with E-state index in [1.165, 1.54) is 18.2 Å². The summed E-state index contributed by atoms with van der Waals surface area (Å²) in [6.45, 7) is 0.156. The number of carboxylic acids is 1. The number of hydrogen-bond donors (Lipinski definition) is 5. The molecule has 2 aliphatic rings. The number of para-hydroxylation sites is 1. The van der Waals surface area contributed by atoms with Crippen molar-refractivity contribution in [2.75, 3.05) is 6.61 Å². The van der Waals surface area contributed by atoms with Crippen LogP contribution >= 0.6 is 0 Å². The van der Waals surface area contributed by atoms with Crippen LogP contribution in [0.5, 0.6) is 11.5 Å². The summed E-state index contributed by atoms with van der Waals surface area (Å²) >= 11 is 0. The summed E-state index contributed by atoms with van der Waals surface area (Å²) in [7, 11) is -4.18. The number of phenolic OH excluding ortho intramolecular Hbond substituents is 2. The minimum absolute atomic E-state index is 0.00406. The number of nitrogens with zero attached hydrogens (tertiary/aromatic N) is 2. The first-order valence-electron chi connectivity index (χ1n) is 9.87. The molecule has 2 aromatic rings. The zero-order valence-electron chi connectivity index (χ0n) is 17.8. The molecule has 15 nitrogen and oxygen atoms in total. The van der Waals surface area contributed by atoms with Gasteiger partial charge < -0.3 is 29.5 Å². The van der Waals surface area contributed by atoms with Crippen molar-refractivity contribution in [3.8, 4) is 22.8 Å². The predicted molar refractivity (Wildman–Crippen MR) is 111 cm³/mol. The van der Waals surface area contributed by atoms with Gasteiger partial charge in [-0.25, -0.2) is 23.4 Å². The SMILES string of the molecule is C[C@]1(COC(=O)NNC(=O)c2cc(-c3cccc(O)c3O)no2)[C@@H](C(=O)O)N2C(=O)C[C@H]2S1(=O)=O. The molecule has 4 rings (SSSR count). The molecular weight excluding hydrogens is 492 g/mol. The van der Waals surface area contributed by atoms with Crippen LogP contribution < -0.4 is 10.9 Å². The number of ether oxygens (including phenoxy) is 1. The fourth-order valence-electron chi connectivity index (χ4n) is 3.93. The first-order chi connectivity index (χ1) is 16.4. The summed E-state index contributed by atoms with van der Waals surface area (Å²) in [4.78, 5) is 48.4. The van der Waals surface area contributed by atoms with Crippen molar-refractivity contribution in [1.82, 2.24) is 20.9 Å². The number of fused-ring (bicyclic) bond motifs is 1. The number of aromatic hydroxyl groups is 2. The predicted octanol–water partition coefficient (Wildman–Crippen LogP) is -0.677. The minimum Gasteiger partial charge on any atom is -0.504 e. The van der Waals surface area contributed by atoms with Gasteiger partial charge in [0.05, 0.1) is 6.42 Å².